The van der Waals surface area contributed by atoms with Gasteiger partial charge in [-0.05, 0) is 49.6 Å². The van der Waals surface area contributed by atoms with Crippen LogP contribution >= 0.6 is 0 Å². The molecule has 0 N–H and O–H groups in total. The fourth-order valence-electron chi connectivity index (χ4n) is 5.13. The van der Waals surface area contributed by atoms with Crippen LogP contribution in [0.3, 0.4) is 0 Å². The summed E-state index contributed by atoms with van der Waals surface area (Å²) in [6.45, 7) is 3.66. The van der Waals surface area contributed by atoms with Gasteiger partial charge in [-0.2, -0.15) is 0 Å². The number of allylic oxidation sites excluding steroid dienone is 1. The fraction of sp³-hybridized carbons (Fsp3) is 0.407. The molecule has 9 heteroatoms. The first kappa shape index (κ1) is 23.8. The van der Waals surface area contributed by atoms with Gasteiger partial charge in [-0.1, -0.05) is 6.08 Å². The maximum atomic E-state index is 13.0. The predicted octanol–water partition coefficient (Wildman–Crippen LogP) is 4.00. The number of methoxy groups -OCH3 is 3. The van der Waals surface area contributed by atoms with Crippen molar-refractivity contribution in [3.63, 3.8) is 0 Å². The number of fused-ring (bicyclic) bond motifs is 5. The van der Waals surface area contributed by atoms with E-state index in [0.29, 0.717) is 51.9 Å². The Kier molecular flexibility index (Phi) is 6.15. The van der Waals surface area contributed by atoms with Crippen LogP contribution in [0, 0.1) is 11.8 Å². The summed E-state index contributed by atoms with van der Waals surface area (Å²) in [7, 11) is 4.62. The minimum Gasteiger partial charge on any atom is -0.493 e. The van der Waals surface area contributed by atoms with Crippen molar-refractivity contribution in [3.05, 3.63) is 41.0 Å². The highest BCUT2D eigenvalue weighted by Crippen LogP contribution is 2.55. The van der Waals surface area contributed by atoms with Crippen LogP contribution in [0.2, 0.25) is 0 Å². The van der Waals surface area contributed by atoms with Gasteiger partial charge in [-0.3, -0.25) is 4.79 Å². The number of rotatable bonds is 5. The third kappa shape index (κ3) is 3.70. The number of carbonyl (C=O) groups is 2. The lowest BCUT2D eigenvalue weighted by Crippen LogP contribution is -2.30. The van der Waals surface area contributed by atoms with E-state index in [1.165, 1.54) is 7.11 Å². The molecule has 36 heavy (non-hydrogen) atoms. The molecule has 3 atom stereocenters. The monoisotopic (exact) mass is 496 g/mol. The van der Waals surface area contributed by atoms with E-state index in [1.54, 1.807) is 34.1 Å². The van der Waals surface area contributed by atoms with Crippen LogP contribution in [0.1, 0.15) is 31.1 Å². The molecule has 1 saturated heterocycles. The molecule has 2 aromatic carbocycles. The van der Waals surface area contributed by atoms with Crippen molar-refractivity contribution in [2.24, 2.45) is 11.8 Å². The Labute approximate surface area is 208 Å². The Bertz CT molecular complexity index is 1260. The molecule has 2 heterocycles. The van der Waals surface area contributed by atoms with Crippen LogP contribution in [-0.4, -0.2) is 46.7 Å². The second-order valence-electron chi connectivity index (χ2n) is 8.87. The quantitative estimate of drug-likeness (QED) is 0.449. The van der Waals surface area contributed by atoms with E-state index in [-0.39, 0.29) is 19.4 Å². The third-order valence-electron chi connectivity index (χ3n) is 7.09. The molecule has 0 spiro atoms. The summed E-state index contributed by atoms with van der Waals surface area (Å²) in [5, 5.41) is 0. The zero-order chi connectivity index (χ0) is 25.6. The number of esters is 2. The van der Waals surface area contributed by atoms with Crippen molar-refractivity contribution < 1.29 is 42.7 Å². The molecule has 190 valence electrons. The smallest absolute Gasteiger partial charge is 0.333 e. The molecule has 0 unspecified atom stereocenters. The summed E-state index contributed by atoms with van der Waals surface area (Å²) in [6.07, 6.45) is 1.24. The van der Waals surface area contributed by atoms with Gasteiger partial charge in [0.25, 0.3) is 0 Å². The van der Waals surface area contributed by atoms with E-state index in [1.807, 2.05) is 18.2 Å². The summed E-state index contributed by atoms with van der Waals surface area (Å²) >= 11 is 0. The fourth-order valence-corrected chi connectivity index (χ4v) is 5.13. The van der Waals surface area contributed by atoms with Crippen molar-refractivity contribution >= 4 is 11.9 Å². The lowest BCUT2D eigenvalue weighted by molar-refractivity contribution is -0.149. The Morgan fingerprint density at radius 2 is 1.72 bits per heavy atom. The molecule has 2 aromatic rings. The van der Waals surface area contributed by atoms with Gasteiger partial charge in [0.2, 0.25) is 12.5 Å². The van der Waals surface area contributed by atoms with Gasteiger partial charge in [0.1, 0.15) is 6.10 Å². The lowest BCUT2D eigenvalue weighted by Gasteiger charge is -2.32. The molecule has 1 aliphatic carbocycles. The van der Waals surface area contributed by atoms with Gasteiger partial charge in [-0.15, -0.1) is 0 Å². The summed E-state index contributed by atoms with van der Waals surface area (Å²) in [6, 6.07) is 5.52. The molecule has 0 saturated carbocycles. The molecule has 0 amide bonds. The van der Waals surface area contributed by atoms with Crippen LogP contribution < -0.4 is 23.7 Å². The van der Waals surface area contributed by atoms with Crippen LogP contribution in [0.25, 0.3) is 11.1 Å². The molecular weight excluding hydrogens is 468 g/mol. The first-order chi connectivity index (χ1) is 17.4. The molecule has 2 aliphatic heterocycles. The normalized spacial score (nSPS) is 21.9. The molecule has 0 bridgehead atoms. The topological polar surface area (TPSA) is 98.8 Å². The van der Waals surface area contributed by atoms with Crippen molar-refractivity contribution in [2.75, 3.05) is 34.7 Å². The maximum absolute atomic E-state index is 13.0. The molecule has 0 radical (unpaired) electrons. The highest BCUT2D eigenvalue weighted by molar-refractivity contribution is 5.89. The zero-order valence-corrected chi connectivity index (χ0v) is 20.8. The Morgan fingerprint density at radius 1 is 1.00 bits per heavy atom. The minimum absolute atomic E-state index is 0.0734. The Morgan fingerprint density at radius 3 is 2.39 bits per heavy atom. The highest BCUT2D eigenvalue weighted by Gasteiger charge is 2.47. The van der Waals surface area contributed by atoms with Crippen LogP contribution in [0.4, 0.5) is 0 Å². The largest absolute Gasteiger partial charge is 0.493 e. The van der Waals surface area contributed by atoms with Gasteiger partial charge in [0.05, 0.1) is 33.9 Å². The number of cyclic esters (lactones) is 1. The average Bonchev–Trinajstić information content (AvgIpc) is 3.50. The van der Waals surface area contributed by atoms with E-state index < -0.39 is 23.9 Å². The SMILES string of the molecule is CC=C(C)C(=O)O[C@H]1c2cc3c(cc2-c2c(cc(OC)c(OC)c2OC)C[C@H]2C(=O)OC[C@H]21)OCO3. The third-order valence-corrected chi connectivity index (χ3v) is 7.09. The van der Waals surface area contributed by atoms with Crippen LogP contribution in [-0.2, 0) is 25.5 Å². The van der Waals surface area contributed by atoms with Crippen molar-refractivity contribution in [3.8, 4) is 39.9 Å². The van der Waals surface area contributed by atoms with Gasteiger partial charge < -0.3 is 33.2 Å². The maximum Gasteiger partial charge on any atom is 0.333 e. The average molecular weight is 497 g/mol. The van der Waals surface area contributed by atoms with E-state index >= 15 is 0 Å². The molecule has 9 nitrogen and oxygen atoms in total. The van der Waals surface area contributed by atoms with Crippen LogP contribution in [0.15, 0.2) is 29.8 Å². The first-order valence-electron chi connectivity index (χ1n) is 11.7. The van der Waals surface area contributed by atoms with Gasteiger partial charge >= 0.3 is 11.9 Å². The Hall–Kier alpha value is -3.88. The molecule has 0 aromatic heterocycles. The van der Waals surface area contributed by atoms with Crippen molar-refractivity contribution in [1.82, 2.24) is 0 Å². The lowest BCUT2D eigenvalue weighted by atomic mass is 9.76. The second kappa shape index (κ2) is 9.29. The van der Waals surface area contributed by atoms with Gasteiger partial charge in [0.15, 0.2) is 23.0 Å². The van der Waals surface area contributed by atoms with Gasteiger partial charge in [-0.25, -0.2) is 4.79 Å². The van der Waals surface area contributed by atoms with E-state index in [2.05, 4.69) is 0 Å². The first-order valence-corrected chi connectivity index (χ1v) is 11.7. The number of hydrogen-bond acceptors (Lipinski definition) is 9. The summed E-state index contributed by atoms with van der Waals surface area (Å²) in [5.41, 5.74) is 3.36. The molecular formula is C27H28O9. The number of ether oxygens (including phenoxy) is 7. The number of hydrogen-bond donors (Lipinski definition) is 0. The van der Waals surface area contributed by atoms with Crippen molar-refractivity contribution in [2.45, 2.75) is 26.4 Å². The zero-order valence-electron chi connectivity index (χ0n) is 20.8. The second-order valence-corrected chi connectivity index (χ2v) is 8.87. The predicted molar refractivity (Wildman–Crippen MR) is 128 cm³/mol. The van der Waals surface area contributed by atoms with E-state index in [4.69, 9.17) is 33.2 Å². The van der Waals surface area contributed by atoms with E-state index in [0.717, 1.165) is 11.1 Å². The minimum atomic E-state index is -0.778. The summed E-state index contributed by atoms with van der Waals surface area (Å²) in [4.78, 5) is 25.9. The highest BCUT2D eigenvalue weighted by atomic mass is 16.7. The standard InChI is InChI=1S/C27H28O9/c1-6-13(2)26(28)36-23-16-10-20-19(34-12-35-20)9-15(16)22-14(7-17-18(23)11-33-27(17)29)8-21(30-3)24(31-4)25(22)32-5/h6,8-10,17-18,23H,7,11-12H2,1-5H3/t17-,18-,23+/m1/s1. The van der Waals surface area contributed by atoms with E-state index in [9.17, 15) is 9.59 Å². The molecule has 1 fully saturated rings. The summed E-state index contributed by atoms with van der Waals surface area (Å²) in [5.74, 6) is 0.648. The molecule has 5 rings (SSSR count). The number of benzene rings is 2. The molecule has 3 aliphatic rings. The van der Waals surface area contributed by atoms with Crippen molar-refractivity contribution in [1.29, 1.82) is 0 Å². The Balaban J connectivity index is 1.82. The summed E-state index contributed by atoms with van der Waals surface area (Å²) < 4.78 is 40.0. The van der Waals surface area contributed by atoms with Gasteiger partial charge in [0, 0.05) is 22.6 Å². The van der Waals surface area contributed by atoms with Crippen LogP contribution in [0.5, 0.6) is 28.7 Å². The number of carbonyl (C=O) groups excluding carboxylic acids is 2.